The summed E-state index contributed by atoms with van der Waals surface area (Å²) in [6.45, 7) is 5.75. The molecule has 0 radical (unpaired) electrons. The highest BCUT2D eigenvalue weighted by molar-refractivity contribution is 9.10. The molecule has 3 atom stereocenters. The first-order chi connectivity index (χ1) is 10.1. The van der Waals surface area contributed by atoms with Gasteiger partial charge in [-0.25, -0.2) is 0 Å². The fraction of sp³-hybridized carbons (Fsp3) is 0.625. The van der Waals surface area contributed by atoms with Crippen molar-refractivity contribution in [3.8, 4) is 5.75 Å². The Labute approximate surface area is 135 Å². The Kier molecular flexibility index (Phi) is 6.48. The van der Waals surface area contributed by atoms with Crippen LogP contribution in [0.4, 0.5) is 0 Å². The van der Waals surface area contributed by atoms with Crippen LogP contribution in [0.1, 0.15) is 25.3 Å². The number of ether oxygens (including phenoxy) is 2. The van der Waals surface area contributed by atoms with Crippen LogP contribution in [0.2, 0.25) is 0 Å². The largest absolute Gasteiger partial charge is 0.490 e. The first-order valence-electron chi connectivity index (χ1n) is 7.48. The van der Waals surface area contributed by atoms with Crippen LogP contribution in [0, 0.1) is 6.92 Å². The third-order valence-corrected chi connectivity index (χ3v) is 4.34. The zero-order valence-corrected chi connectivity index (χ0v) is 14.2. The van der Waals surface area contributed by atoms with E-state index < -0.39 is 6.10 Å². The minimum Gasteiger partial charge on any atom is -0.490 e. The van der Waals surface area contributed by atoms with E-state index in [1.54, 1.807) is 0 Å². The van der Waals surface area contributed by atoms with Crippen molar-refractivity contribution < 1.29 is 14.6 Å². The molecule has 118 valence electrons. The normalized spacial score (nSPS) is 21.2. The molecule has 5 heteroatoms. The average Bonchev–Trinajstić information content (AvgIpc) is 2.98. The van der Waals surface area contributed by atoms with Crippen LogP contribution in [-0.2, 0) is 4.74 Å². The third-order valence-electron chi connectivity index (χ3n) is 3.72. The molecule has 0 aromatic heterocycles. The van der Waals surface area contributed by atoms with E-state index in [1.807, 2.05) is 25.1 Å². The highest BCUT2D eigenvalue weighted by Gasteiger charge is 2.22. The summed E-state index contributed by atoms with van der Waals surface area (Å²) in [5, 5.41) is 13.3. The quantitative estimate of drug-likeness (QED) is 0.787. The van der Waals surface area contributed by atoms with E-state index in [1.165, 1.54) is 5.56 Å². The SMILES string of the molecule is Cc1ccc(OCC(O)CNC(C)C2CCCO2)c(Br)c1. The summed E-state index contributed by atoms with van der Waals surface area (Å²) in [5.74, 6) is 0.756. The van der Waals surface area contributed by atoms with Crippen molar-refractivity contribution in [2.24, 2.45) is 0 Å². The molecule has 2 rings (SSSR count). The van der Waals surface area contributed by atoms with E-state index in [2.05, 4.69) is 28.2 Å². The van der Waals surface area contributed by atoms with Crippen molar-refractivity contribution in [3.05, 3.63) is 28.2 Å². The van der Waals surface area contributed by atoms with Gasteiger partial charge in [0.1, 0.15) is 18.5 Å². The number of hydrogen-bond acceptors (Lipinski definition) is 4. The first kappa shape index (κ1) is 16.7. The van der Waals surface area contributed by atoms with Gasteiger partial charge in [0.2, 0.25) is 0 Å². The van der Waals surface area contributed by atoms with Gasteiger partial charge in [-0.05, 0) is 60.3 Å². The molecule has 1 saturated heterocycles. The Morgan fingerprint density at radius 2 is 2.33 bits per heavy atom. The van der Waals surface area contributed by atoms with E-state index in [4.69, 9.17) is 9.47 Å². The summed E-state index contributed by atoms with van der Waals surface area (Å²) in [6.07, 6.45) is 1.95. The number of aliphatic hydroxyl groups excluding tert-OH is 1. The van der Waals surface area contributed by atoms with E-state index >= 15 is 0 Å². The standard InChI is InChI=1S/C16H24BrNO3/c1-11-5-6-16(14(17)8-11)21-10-13(19)9-18-12(2)15-4-3-7-20-15/h5-6,8,12-13,15,18-19H,3-4,7,9-10H2,1-2H3. The topological polar surface area (TPSA) is 50.7 Å². The molecule has 1 aliphatic rings. The molecule has 1 aromatic rings. The van der Waals surface area contributed by atoms with Crippen molar-refractivity contribution in [1.82, 2.24) is 5.32 Å². The van der Waals surface area contributed by atoms with Crippen LogP contribution in [0.3, 0.4) is 0 Å². The van der Waals surface area contributed by atoms with Gasteiger partial charge in [0.05, 0.1) is 10.6 Å². The molecule has 1 fully saturated rings. The molecule has 0 aliphatic carbocycles. The fourth-order valence-electron chi connectivity index (χ4n) is 2.42. The maximum atomic E-state index is 10.0. The summed E-state index contributed by atoms with van der Waals surface area (Å²) in [5.41, 5.74) is 1.17. The molecule has 0 saturated carbocycles. The fourth-order valence-corrected chi connectivity index (χ4v) is 3.03. The van der Waals surface area contributed by atoms with Gasteiger partial charge in [-0.1, -0.05) is 6.07 Å². The van der Waals surface area contributed by atoms with E-state index in [0.29, 0.717) is 6.54 Å². The third kappa shape index (κ3) is 5.25. The number of aliphatic hydroxyl groups is 1. The minimum absolute atomic E-state index is 0.258. The number of hydrogen-bond donors (Lipinski definition) is 2. The number of rotatable bonds is 7. The number of benzene rings is 1. The van der Waals surface area contributed by atoms with Crippen LogP contribution in [0.5, 0.6) is 5.75 Å². The maximum Gasteiger partial charge on any atom is 0.133 e. The molecule has 0 spiro atoms. The highest BCUT2D eigenvalue weighted by atomic mass is 79.9. The van der Waals surface area contributed by atoms with Crippen LogP contribution in [-0.4, -0.2) is 43.1 Å². The molecule has 0 bridgehead atoms. The lowest BCUT2D eigenvalue weighted by Crippen LogP contribution is -2.42. The molecule has 21 heavy (non-hydrogen) atoms. The summed E-state index contributed by atoms with van der Waals surface area (Å²) >= 11 is 3.47. The molecular formula is C16H24BrNO3. The molecule has 1 aliphatic heterocycles. The minimum atomic E-state index is -0.540. The molecule has 1 heterocycles. The molecule has 2 N–H and O–H groups in total. The van der Waals surface area contributed by atoms with Gasteiger partial charge in [0, 0.05) is 19.2 Å². The van der Waals surface area contributed by atoms with Crippen molar-refractivity contribution in [2.75, 3.05) is 19.8 Å². The van der Waals surface area contributed by atoms with E-state index in [9.17, 15) is 5.11 Å². The number of nitrogens with one attached hydrogen (secondary N) is 1. The lowest BCUT2D eigenvalue weighted by molar-refractivity contribution is 0.0674. The van der Waals surface area contributed by atoms with Gasteiger partial charge in [-0.15, -0.1) is 0 Å². The molecule has 0 amide bonds. The highest BCUT2D eigenvalue weighted by Crippen LogP contribution is 2.25. The molecule has 3 unspecified atom stereocenters. The molecular weight excluding hydrogens is 334 g/mol. The van der Waals surface area contributed by atoms with Gasteiger partial charge >= 0.3 is 0 Å². The van der Waals surface area contributed by atoms with Gasteiger partial charge in [-0.2, -0.15) is 0 Å². The first-order valence-corrected chi connectivity index (χ1v) is 8.27. The Hall–Kier alpha value is -0.620. The van der Waals surface area contributed by atoms with Crippen LogP contribution >= 0.6 is 15.9 Å². The van der Waals surface area contributed by atoms with Crippen molar-refractivity contribution in [2.45, 2.75) is 44.9 Å². The van der Waals surface area contributed by atoms with E-state index in [-0.39, 0.29) is 18.8 Å². The smallest absolute Gasteiger partial charge is 0.133 e. The zero-order valence-electron chi connectivity index (χ0n) is 12.6. The van der Waals surface area contributed by atoms with Crippen molar-refractivity contribution in [3.63, 3.8) is 0 Å². The van der Waals surface area contributed by atoms with Gasteiger partial charge in [0.25, 0.3) is 0 Å². The average molecular weight is 358 g/mol. The predicted molar refractivity (Wildman–Crippen MR) is 86.8 cm³/mol. The number of aryl methyl sites for hydroxylation is 1. The Morgan fingerprint density at radius 1 is 1.52 bits per heavy atom. The van der Waals surface area contributed by atoms with Crippen LogP contribution < -0.4 is 10.1 Å². The molecule has 1 aromatic carbocycles. The van der Waals surface area contributed by atoms with Crippen molar-refractivity contribution in [1.29, 1.82) is 0 Å². The van der Waals surface area contributed by atoms with Crippen molar-refractivity contribution >= 4 is 15.9 Å². The summed E-state index contributed by atoms with van der Waals surface area (Å²) in [4.78, 5) is 0. The van der Waals surface area contributed by atoms with Crippen LogP contribution in [0.25, 0.3) is 0 Å². The van der Waals surface area contributed by atoms with Crippen LogP contribution in [0.15, 0.2) is 22.7 Å². The van der Waals surface area contributed by atoms with E-state index in [0.717, 1.165) is 29.7 Å². The number of halogens is 1. The summed E-state index contributed by atoms with van der Waals surface area (Å²) < 4.78 is 12.2. The second-order valence-electron chi connectivity index (χ2n) is 5.65. The lowest BCUT2D eigenvalue weighted by atomic mass is 10.1. The Morgan fingerprint density at radius 3 is 3.00 bits per heavy atom. The van der Waals surface area contributed by atoms with Gasteiger partial charge in [0.15, 0.2) is 0 Å². The monoisotopic (exact) mass is 357 g/mol. The lowest BCUT2D eigenvalue weighted by Gasteiger charge is -2.22. The predicted octanol–water partition coefficient (Wildman–Crippen LogP) is 2.65. The summed E-state index contributed by atoms with van der Waals surface area (Å²) in [7, 11) is 0. The second kappa shape index (κ2) is 8.13. The summed E-state index contributed by atoms with van der Waals surface area (Å²) in [6, 6.07) is 6.16. The Bertz CT molecular complexity index is 449. The molecule has 4 nitrogen and oxygen atoms in total. The second-order valence-corrected chi connectivity index (χ2v) is 6.50. The van der Waals surface area contributed by atoms with Gasteiger partial charge in [-0.3, -0.25) is 0 Å². The Balaban J connectivity index is 1.70. The zero-order chi connectivity index (χ0) is 15.2. The maximum absolute atomic E-state index is 10.0. The van der Waals surface area contributed by atoms with Gasteiger partial charge < -0.3 is 19.9 Å².